The van der Waals surface area contributed by atoms with Crippen LogP contribution in [0.1, 0.15) is 37.3 Å². The Balaban J connectivity index is 1.60. The van der Waals surface area contributed by atoms with Crippen LogP contribution in [-0.2, 0) is 9.59 Å². The number of hydrogen-bond acceptors (Lipinski definition) is 4. The van der Waals surface area contributed by atoms with Crippen LogP contribution in [0.3, 0.4) is 0 Å². The van der Waals surface area contributed by atoms with Gasteiger partial charge in [0.1, 0.15) is 6.54 Å². The van der Waals surface area contributed by atoms with Gasteiger partial charge in [-0.15, -0.1) is 0 Å². The summed E-state index contributed by atoms with van der Waals surface area (Å²) in [6, 6.07) is 18.0. The highest BCUT2D eigenvalue weighted by Gasteiger charge is 2.30. The van der Waals surface area contributed by atoms with Gasteiger partial charge in [-0.3, -0.25) is 19.5 Å². The average Bonchev–Trinajstić information content (AvgIpc) is 3.09. The number of nitrogens with zero attached hydrogens (tertiary/aromatic N) is 2. The molecule has 5 nitrogen and oxygen atoms in total. The molecule has 0 fully saturated rings. The Kier molecular flexibility index (Phi) is 7.09. The van der Waals surface area contributed by atoms with E-state index >= 15 is 0 Å². The summed E-state index contributed by atoms with van der Waals surface area (Å²) in [6.45, 7) is 6.70. The van der Waals surface area contributed by atoms with Crippen LogP contribution >= 0.6 is 11.8 Å². The third kappa shape index (κ3) is 5.26. The number of carbonyl (C=O) groups excluding carboxylic acids is 2. The summed E-state index contributed by atoms with van der Waals surface area (Å²) in [5, 5.41) is 3.29. The zero-order chi connectivity index (χ0) is 20.8. The second kappa shape index (κ2) is 9.74. The number of nitrogens with one attached hydrogen (secondary N) is 1. The molecule has 2 aromatic carbocycles. The Bertz CT molecular complexity index is 881. The maximum absolute atomic E-state index is 12.7. The number of amidine groups is 1. The Labute approximate surface area is 176 Å². The molecule has 1 aliphatic rings. The summed E-state index contributed by atoms with van der Waals surface area (Å²) in [4.78, 5) is 30.9. The van der Waals surface area contributed by atoms with Gasteiger partial charge < -0.3 is 5.32 Å². The molecule has 0 radical (unpaired) electrons. The Morgan fingerprint density at radius 2 is 1.86 bits per heavy atom. The van der Waals surface area contributed by atoms with Crippen LogP contribution in [-0.4, -0.2) is 35.3 Å². The Morgan fingerprint density at radius 1 is 1.17 bits per heavy atom. The van der Waals surface area contributed by atoms with Gasteiger partial charge in [0.25, 0.3) is 5.91 Å². The molecular weight excluding hydrogens is 382 g/mol. The van der Waals surface area contributed by atoms with Gasteiger partial charge in [-0.1, -0.05) is 66.7 Å². The summed E-state index contributed by atoms with van der Waals surface area (Å²) < 4.78 is 0. The maximum Gasteiger partial charge on any atom is 0.254 e. The molecule has 0 saturated heterocycles. The highest BCUT2D eigenvalue weighted by molar-refractivity contribution is 8.15. The van der Waals surface area contributed by atoms with Gasteiger partial charge in [0.05, 0.1) is 10.9 Å². The number of thioether (sulfide) groups is 1. The van der Waals surface area contributed by atoms with Crippen LogP contribution in [0.25, 0.3) is 0 Å². The number of rotatable bonds is 7. The number of aryl methyl sites for hydroxylation is 1. The Hall–Kier alpha value is -2.60. The average molecular weight is 410 g/mol. The molecule has 6 heteroatoms. The summed E-state index contributed by atoms with van der Waals surface area (Å²) in [5.74, 6) is 0.168. The monoisotopic (exact) mass is 409 g/mol. The van der Waals surface area contributed by atoms with Crippen molar-refractivity contribution >= 4 is 34.4 Å². The van der Waals surface area contributed by atoms with E-state index in [2.05, 4.69) is 29.4 Å². The molecule has 2 atom stereocenters. The SMILES string of the molecule is CC[C@H](CNC(=O)[C@@H](C)SC1=NCC(=O)N1c1ccc(C)cc1)c1ccccc1. The first-order valence-electron chi connectivity index (χ1n) is 9.93. The van der Waals surface area contributed by atoms with Crippen molar-refractivity contribution in [2.24, 2.45) is 4.99 Å². The molecule has 0 aliphatic carbocycles. The lowest BCUT2D eigenvalue weighted by molar-refractivity contribution is -0.120. The van der Waals surface area contributed by atoms with E-state index in [0.29, 0.717) is 11.7 Å². The lowest BCUT2D eigenvalue weighted by atomic mass is 9.96. The van der Waals surface area contributed by atoms with Crippen LogP contribution < -0.4 is 10.2 Å². The molecule has 0 saturated carbocycles. The van der Waals surface area contributed by atoms with E-state index in [-0.39, 0.29) is 29.5 Å². The first-order chi connectivity index (χ1) is 14.0. The molecule has 152 valence electrons. The zero-order valence-electron chi connectivity index (χ0n) is 17.1. The molecule has 2 amide bonds. The van der Waals surface area contributed by atoms with Crippen molar-refractivity contribution in [1.29, 1.82) is 0 Å². The fourth-order valence-corrected chi connectivity index (χ4v) is 4.18. The van der Waals surface area contributed by atoms with E-state index in [1.54, 1.807) is 4.90 Å². The van der Waals surface area contributed by atoms with Crippen LogP contribution in [0.4, 0.5) is 5.69 Å². The second-order valence-corrected chi connectivity index (χ2v) is 8.49. The van der Waals surface area contributed by atoms with Crippen LogP contribution in [0, 0.1) is 6.92 Å². The second-order valence-electron chi connectivity index (χ2n) is 7.18. The molecule has 3 rings (SSSR count). The molecule has 0 aromatic heterocycles. The van der Waals surface area contributed by atoms with E-state index in [1.807, 2.05) is 56.3 Å². The number of carbonyl (C=O) groups is 2. The van der Waals surface area contributed by atoms with E-state index < -0.39 is 0 Å². The van der Waals surface area contributed by atoms with Crippen molar-refractivity contribution < 1.29 is 9.59 Å². The van der Waals surface area contributed by atoms with Crippen molar-refractivity contribution in [3.8, 4) is 0 Å². The predicted molar refractivity (Wildman–Crippen MR) is 121 cm³/mol. The molecule has 29 heavy (non-hydrogen) atoms. The minimum absolute atomic E-state index is 0.0460. The third-order valence-corrected chi connectivity index (χ3v) is 6.11. The van der Waals surface area contributed by atoms with E-state index in [4.69, 9.17) is 0 Å². The smallest absolute Gasteiger partial charge is 0.254 e. The van der Waals surface area contributed by atoms with E-state index in [0.717, 1.165) is 17.7 Å². The van der Waals surface area contributed by atoms with E-state index in [1.165, 1.54) is 17.3 Å². The lowest BCUT2D eigenvalue weighted by Crippen LogP contribution is -2.37. The fraction of sp³-hybridized carbons (Fsp3) is 0.348. The van der Waals surface area contributed by atoms with Gasteiger partial charge in [0.2, 0.25) is 5.91 Å². The molecule has 1 aliphatic heterocycles. The summed E-state index contributed by atoms with van der Waals surface area (Å²) in [6.07, 6.45) is 0.953. The molecular formula is C23H27N3O2S. The van der Waals surface area contributed by atoms with Gasteiger partial charge in [-0.2, -0.15) is 0 Å². The number of benzene rings is 2. The minimum atomic E-state index is -0.346. The van der Waals surface area contributed by atoms with Crippen molar-refractivity contribution in [2.45, 2.75) is 38.4 Å². The van der Waals surface area contributed by atoms with E-state index in [9.17, 15) is 9.59 Å². The standard InChI is InChI=1S/C23H27N3O2S/c1-4-18(19-8-6-5-7-9-19)14-24-22(28)17(3)29-23-25-15-21(27)26(23)20-12-10-16(2)11-13-20/h5-13,17-18H,4,14-15H2,1-3H3,(H,24,28)/t17-,18-/m1/s1. The number of aliphatic imine (C=N–C) groups is 1. The fourth-order valence-electron chi connectivity index (χ4n) is 3.22. The molecule has 0 unspecified atom stereocenters. The molecule has 0 spiro atoms. The van der Waals surface area contributed by atoms with Gasteiger partial charge in [-0.25, -0.2) is 0 Å². The highest BCUT2D eigenvalue weighted by atomic mass is 32.2. The summed E-state index contributed by atoms with van der Waals surface area (Å²) >= 11 is 1.32. The van der Waals surface area contributed by atoms with Crippen molar-refractivity contribution in [3.63, 3.8) is 0 Å². The number of hydrogen-bond donors (Lipinski definition) is 1. The molecule has 2 aromatic rings. The van der Waals surface area contributed by atoms with Gasteiger partial charge in [0, 0.05) is 12.5 Å². The zero-order valence-corrected chi connectivity index (χ0v) is 17.9. The van der Waals surface area contributed by atoms with Crippen molar-refractivity contribution in [1.82, 2.24) is 5.32 Å². The number of anilines is 1. The third-order valence-electron chi connectivity index (χ3n) is 5.02. The van der Waals surface area contributed by atoms with Gasteiger partial charge in [-0.05, 0) is 38.0 Å². The summed E-state index contributed by atoms with van der Waals surface area (Å²) in [5.41, 5.74) is 3.14. The minimum Gasteiger partial charge on any atom is -0.355 e. The van der Waals surface area contributed by atoms with Crippen LogP contribution in [0.15, 0.2) is 59.6 Å². The Morgan fingerprint density at radius 3 is 2.52 bits per heavy atom. The maximum atomic E-state index is 12.7. The van der Waals surface area contributed by atoms with Crippen LogP contribution in [0.5, 0.6) is 0 Å². The largest absolute Gasteiger partial charge is 0.355 e. The summed E-state index contributed by atoms with van der Waals surface area (Å²) in [7, 11) is 0. The molecule has 0 bridgehead atoms. The van der Waals surface area contributed by atoms with Crippen molar-refractivity contribution in [2.75, 3.05) is 18.0 Å². The predicted octanol–water partition coefficient (Wildman–Crippen LogP) is 4.13. The quantitative estimate of drug-likeness (QED) is 0.748. The molecule has 1 heterocycles. The first kappa shape index (κ1) is 21.1. The first-order valence-corrected chi connectivity index (χ1v) is 10.8. The number of amides is 2. The van der Waals surface area contributed by atoms with Crippen molar-refractivity contribution in [3.05, 3.63) is 65.7 Å². The van der Waals surface area contributed by atoms with Gasteiger partial charge >= 0.3 is 0 Å². The topological polar surface area (TPSA) is 61.8 Å². The molecule has 1 N–H and O–H groups in total. The van der Waals surface area contributed by atoms with Crippen LogP contribution in [0.2, 0.25) is 0 Å². The van der Waals surface area contributed by atoms with Gasteiger partial charge in [0.15, 0.2) is 5.17 Å². The normalized spacial score (nSPS) is 15.8. The highest BCUT2D eigenvalue weighted by Crippen LogP contribution is 2.27. The lowest BCUT2D eigenvalue weighted by Gasteiger charge is -2.21.